The Kier molecular flexibility index (Phi) is 7.51. The summed E-state index contributed by atoms with van der Waals surface area (Å²) in [7, 11) is 1.37. The highest BCUT2D eigenvalue weighted by Gasteiger charge is 2.38. The van der Waals surface area contributed by atoms with Gasteiger partial charge in [0.15, 0.2) is 28.7 Å². The molecule has 0 unspecified atom stereocenters. The minimum atomic E-state index is -5.01. The van der Waals surface area contributed by atoms with Crippen LogP contribution in [0, 0.1) is 5.82 Å². The smallest absolute Gasteiger partial charge is 0.425 e. The molecule has 0 fully saturated rings. The number of hydrogen-bond acceptors (Lipinski definition) is 8. The zero-order valence-corrected chi connectivity index (χ0v) is 20.4. The standard InChI is InChI=1S/C24H21F5N6O4/c1-11(39-17-9-32-34-22(36)19(17)24(27,28)29)5-13(25)10-35-4-3-12-6-15(16(26)7-14(12)23(35)37)21-31-8-18(38-2)20(30)33-21/h3-4,6-9,11,13H,5,10H2,1-2H3,(H,34,36)(H2,30,31,33)/t11-,13-/m0/s1. The molecule has 3 N–H and O–H groups in total. The first-order chi connectivity index (χ1) is 18.4. The third kappa shape index (κ3) is 5.81. The summed E-state index contributed by atoms with van der Waals surface area (Å²) in [4.78, 5) is 32.5. The van der Waals surface area contributed by atoms with E-state index in [2.05, 4.69) is 15.1 Å². The number of H-pyrrole nitrogens is 1. The number of hydrogen-bond donors (Lipinski definition) is 2. The molecule has 3 heterocycles. The van der Waals surface area contributed by atoms with Crippen LogP contribution in [0.2, 0.25) is 0 Å². The van der Waals surface area contributed by atoms with E-state index in [0.717, 1.165) is 10.6 Å². The molecule has 0 saturated heterocycles. The quantitative estimate of drug-likeness (QED) is 0.317. The molecule has 0 bridgehead atoms. The number of aromatic amines is 1. The average Bonchev–Trinajstić information content (AvgIpc) is 2.85. The van der Waals surface area contributed by atoms with Crippen molar-refractivity contribution in [1.82, 2.24) is 24.7 Å². The van der Waals surface area contributed by atoms with Crippen molar-refractivity contribution in [1.29, 1.82) is 0 Å². The average molecular weight is 552 g/mol. The van der Waals surface area contributed by atoms with Crippen LogP contribution in [0.1, 0.15) is 18.9 Å². The van der Waals surface area contributed by atoms with Crippen LogP contribution >= 0.6 is 0 Å². The second kappa shape index (κ2) is 10.7. The predicted octanol–water partition coefficient (Wildman–Crippen LogP) is 3.49. The number of nitrogen functional groups attached to an aromatic ring is 1. The van der Waals surface area contributed by atoms with Crippen molar-refractivity contribution < 1.29 is 31.4 Å². The molecular weight excluding hydrogens is 531 g/mol. The predicted molar refractivity (Wildman–Crippen MR) is 130 cm³/mol. The molecule has 0 aliphatic carbocycles. The molecule has 2 atom stereocenters. The largest absolute Gasteiger partial charge is 0.491 e. The van der Waals surface area contributed by atoms with Gasteiger partial charge in [-0.15, -0.1) is 0 Å². The number of pyridine rings is 1. The molecule has 3 aromatic heterocycles. The molecule has 39 heavy (non-hydrogen) atoms. The number of ether oxygens (including phenoxy) is 2. The Labute approximate surface area is 216 Å². The Morgan fingerprint density at radius 2 is 1.92 bits per heavy atom. The number of halogens is 5. The second-order valence-electron chi connectivity index (χ2n) is 8.54. The zero-order chi connectivity index (χ0) is 28.5. The Morgan fingerprint density at radius 3 is 2.59 bits per heavy atom. The van der Waals surface area contributed by atoms with Crippen molar-refractivity contribution in [3.05, 3.63) is 68.9 Å². The number of fused-ring (bicyclic) bond motifs is 1. The van der Waals surface area contributed by atoms with E-state index in [4.69, 9.17) is 15.2 Å². The van der Waals surface area contributed by atoms with Crippen LogP contribution in [0.25, 0.3) is 22.2 Å². The number of aromatic nitrogens is 5. The summed E-state index contributed by atoms with van der Waals surface area (Å²) in [6.45, 7) is 0.825. The van der Waals surface area contributed by atoms with Crippen LogP contribution < -0.4 is 26.3 Å². The van der Waals surface area contributed by atoms with Crippen LogP contribution in [-0.2, 0) is 12.7 Å². The fourth-order valence-electron chi connectivity index (χ4n) is 3.94. The molecular formula is C24H21F5N6O4. The molecule has 206 valence electrons. The molecule has 10 nitrogen and oxygen atoms in total. The van der Waals surface area contributed by atoms with Gasteiger partial charge in [-0.2, -0.15) is 18.3 Å². The lowest BCUT2D eigenvalue weighted by Gasteiger charge is -2.19. The third-order valence-electron chi connectivity index (χ3n) is 5.72. The fraction of sp³-hybridized carbons (Fsp3) is 0.292. The van der Waals surface area contributed by atoms with Gasteiger partial charge in [0.2, 0.25) is 0 Å². The van der Waals surface area contributed by atoms with Crippen molar-refractivity contribution in [2.75, 3.05) is 12.8 Å². The van der Waals surface area contributed by atoms with Gasteiger partial charge < -0.3 is 19.8 Å². The second-order valence-corrected chi connectivity index (χ2v) is 8.54. The molecule has 0 saturated carbocycles. The van der Waals surface area contributed by atoms with Crippen LogP contribution in [-0.4, -0.2) is 44.1 Å². The van der Waals surface area contributed by atoms with Crippen LogP contribution in [0.3, 0.4) is 0 Å². The number of nitrogens with two attached hydrogens (primary N) is 1. The fourth-order valence-corrected chi connectivity index (χ4v) is 3.94. The van der Waals surface area contributed by atoms with E-state index in [-0.39, 0.29) is 28.3 Å². The van der Waals surface area contributed by atoms with Gasteiger partial charge in [-0.3, -0.25) is 9.59 Å². The Bertz CT molecular complexity index is 1640. The van der Waals surface area contributed by atoms with E-state index in [1.807, 2.05) is 0 Å². The molecule has 0 spiro atoms. The van der Waals surface area contributed by atoms with Crippen molar-refractivity contribution in [2.24, 2.45) is 0 Å². The maximum absolute atomic E-state index is 14.9. The van der Waals surface area contributed by atoms with E-state index in [1.54, 1.807) is 5.10 Å². The monoisotopic (exact) mass is 552 g/mol. The highest BCUT2D eigenvalue weighted by Crippen LogP contribution is 2.33. The van der Waals surface area contributed by atoms with Gasteiger partial charge in [-0.1, -0.05) is 0 Å². The number of nitrogens with zero attached hydrogens (tertiary/aromatic N) is 4. The summed E-state index contributed by atoms with van der Waals surface area (Å²) in [5.41, 5.74) is 1.97. The maximum atomic E-state index is 14.9. The summed E-state index contributed by atoms with van der Waals surface area (Å²) >= 11 is 0. The molecule has 0 aliphatic rings. The van der Waals surface area contributed by atoms with E-state index in [9.17, 15) is 31.5 Å². The summed E-state index contributed by atoms with van der Waals surface area (Å²) in [6.07, 6.45) is -5.02. The first-order valence-electron chi connectivity index (χ1n) is 11.3. The third-order valence-corrected chi connectivity index (χ3v) is 5.72. The first-order valence-corrected chi connectivity index (χ1v) is 11.3. The minimum Gasteiger partial charge on any atom is -0.491 e. The minimum absolute atomic E-state index is 0.00503. The van der Waals surface area contributed by atoms with E-state index in [0.29, 0.717) is 11.6 Å². The van der Waals surface area contributed by atoms with Crippen molar-refractivity contribution in [2.45, 2.75) is 38.3 Å². The number of rotatable bonds is 8. The maximum Gasteiger partial charge on any atom is 0.425 e. The molecule has 15 heteroatoms. The normalized spacial score (nSPS) is 13.3. The van der Waals surface area contributed by atoms with Gasteiger partial charge >= 0.3 is 6.18 Å². The van der Waals surface area contributed by atoms with Crippen molar-refractivity contribution in [3.8, 4) is 22.9 Å². The Hall–Kier alpha value is -4.56. The van der Waals surface area contributed by atoms with Gasteiger partial charge in [0.25, 0.3) is 11.1 Å². The molecule has 1 aromatic carbocycles. The van der Waals surface area contributed by atoms with Gasteiger partial charge in [-0.25, -0.2) is 23.8 Å². The van der Waals surface area contributed by atoms with Gasteiger partial charge in [-0.05, 0) is 30.5 Å². The van der Waals surface area contributed by atoms with Crippen molar-refractivity contribution in [3.63, 3.8) is 0 Å². The van der Waals surface area contributed by atoms with Gasteiger partial charge in [0.1, 0.15) is 12.0 Å². The lowest BCUT2D eigenvalue weighted by atomic mass is 10.1. The number of alkyl halides is 4. The molecule has 4 aromatic rings. The summed E-state index contributed by atoms with van der Waals surface area (Å²) in [5.74, 6) is -1.48. The number of benzene rings is 1. The van der Waals surface area contributed by atoms with Gasteiger partial charge in [0, 0.05) is 12.6 Å². The highest BCUT2D eigenvalue weighted by molar-refractivity contribution is 5.86. The van der Waals surface area contributed by atoms with E-state index >= 15 is 0 Å². The lowest BCUT2D eigenvalue weighted by molar-refractivity contribution is -0.140. The number of nitrogens with one attached hydrogen (secondary N) is 1. The van der Waals surface area contributed by atoms with Crippen molar-refractivity contribution >= 4 is 16.6 Å². The van der Waals surface area contributed by atoms with E-state index < -0.39 is 59.7 Å². The Morgan fingerprint density at radius 1 is 1.18 bits per heavy atom. The van der Waals surface area contributed by atoms with E-state index in [1.165, 1.54) is 38.6 Å². The zero-order valence-electron chi connectivity index (χ0n) is 20.4. The summed E-state index contributed by atoms with van der Waals surface area (Å²) in [6, 6.07) is 3.80. The topological polar surface area (TPSA) is 138 Å². The summed E-state index contributed by atoms with van der Waals surface area (Å²) < 4.78 is 80.5. The number of methoxy groups -OCH3 is 1. The molecule has 0 radical (unpaired) electrons. The highest BCUT2D eigenvalue weighted by atomic mass is 19.4. The van der Waals surface area contributed by atoms with Crippen LogP contribution in [0.4, 0.5) is 27.8 Å². The lowest BCUT2D eigenvalue weighted by Crippen LogP contribution is -2.29. The molecule has 0 amide bonds. The van der Waals surface area contributed by atoms with Gasteiger partial charge in [0.05, 0.1) is 43.1 Å². The van der Waals surface area contributed by atoms with Crippen LogP contribution in [0.5, 0.6) is 11.5 Å². The van der Waals surface area contributed by atoms with Crippen LogP contribution in [0.15, 0.2) is 46.4 Å². The molecule has 4 rings (SSSR count). The summed E-state index contributed by atoms with van der Waals surface area (Å²) in [5, 5.41) is 5.26. The molecule has 0 aliphatic heterocycles. The Balaban J connectivity index is 1.52. The first kappa shape index (κ1) is 27.5. The number of anilines is 1. The SMILES string of the molecule is COc1cnc(-c2cc3ccn(C[C@@H](F)C[C@H](C)Oc4cn[nH]c(=O)c4C(F)(F)F)c(=O)c3cc2F)nc1N.